The van der Waals surface area contributed by atoms with Crippen molar-refractivity contribution < 1.29 is 29.4 Å². The minimum absolute atomic E-state index is 0.0661. The molecule has 0 saturated carbocycles. The molecule has 0 aromatic heterocycles. The molecule has 102 valence electrons. The van der Waals surface area contributed by atoms with Crippen LogP contribution >= 0.6 is 20.2 Å². The number of hydrogen-bond acceptors (Lipinski definition) is 1. The molecule has 0 unspecified atom stereocenters. The van der Waals surface area contributed by atoms with Crippen molar-refractivity contribution in [1.82, 2.24) is 0 Å². The van der Waals surface area contributed by atoms with E-state index in [1.165, 1.54) is 17.1 Å². The molecule has 0 N–H and O–H groups in total. The van der Waals surface area contributed by atoms with Gasteiger partial charge in [-0.1, -0.05) is 0 Å². The molecule has 0 amide bonds. The summed E-state index contributed by atoms with van der Waals surface area (Å²) in [7, 11) is 0. The molecule has 8 heteroatoms. The summed E-state index contributed by atoms with van der Waals surface area (Å²) in [6.45, 7) is 0. The molecule has 1 aliphatic heterocycles. The summed E-state index contributed by atoms with van der Waals surface area (Å²) in [6, 6.07) is 4.69. The third-order valence-electron chi connectivity index (χ3n) is 2.57. The first-order chi connectivity index (χ1) is 8.11. The van der Waals surface area contributed by atoms with E-state index in [4.69, 9.17) is 0 Å². The summed E-state index contributed by atoms with van der Waals surface area (Å²) < 4.78 is 82.2. The number of benzene rings is 1. The Hall–Kier alpha value is -0.510. The van der Waals surface area contributed by atoms with Crippen molar-refractivity contribution in [2.45, 2.75) is 18.0 Å². The normalized spacial score (nSPS) is 20.9. The molecular weight excluding hydrogens is 377 g/mol. The molecule has 0 spiro atoms. The van der Waals surface area contributed by atoms with Gasteiger partial charge in [-0.2, -0.15) is 0 Å². The molecule has 0 atom stereocenters. The Morgan fingerprint density at radius 2 is 1.50 bits per heavy atom. The molecule has 1 nitrogen and oxygen atoms in total. The van der Waals surface area contributed by atoms with Gasteiger partial charge in [0, 0.05) is 0 Å². The van der Waals surface area contributed by atoms with E-state index in [2.05, 4.69) is 3.07 Å². The summed E-state index contributed by atoms with van der Waals surface area (Å²) >= 11 is -2.90. The zero-order valence-corrected chi connectivity index (χ0v) is 11.0. The third kappa shape index (κ3) is 1.72. The maximum absolute atomic E-state index is 12.9. The second kappa shape index (κ2) is 3.99. The predicted octanol–water partition coefficient (Wildman–Crippen LogP) is 4.26. The molecule has 0 radical (unpaired) electrons. The molecular formula is C10H7F6IO. The van der Waals surface area contributed by atoms with Crippen molar-refractivity contribution in [2.24, 2.45) is 0 Å². The molecule has 0 bridgehead atoms. The van der Waals surface area contributed by atoms with Gasteiger partial charge in [-0.3, -0.25) is 0 Å². The summed E-state index contributed by atoms with van der Waals surface area (Å²) in [5.74, 6) is 0. The first kappa shape index (κ1) is 13.9. The van der Waals surface area contributed by atoms with Crippen LogP contribution in [0.3, 0.4) is 0 Å². The van der Waals surface area contributed by atoms with E-state index < -0.39 is 43.8 Å². The van der Waals surface area contributed by atoms with Crippen LogP contribution in [0, 0.1) is 3.57 Å². The van der Waals surface area contributed by atoms with Crippen molar-refractivity contribution in [3.05, 3.63) is 33.4 Å². The molecule has 0 saturated heterocycles. The Morgan fingerprint density at radius 1 is 1.00 bits per heavy atom. The Kier molecular flexibility index (Phi) is 3.08. The summed E-state index contributed by atoms with van der Waals surface area (Å²) in [4.78, 5) is 1.32. The topological polar surface area (TPSA) is 9.23 Å². The van der Waals surface area contributed by atoms with Crippen molar-refractivity contribution in [1.29, 1.82) is 0 Å². The summed E-state index contributed by atoms with van der Waals surface area (Å²) in [5, 5.41) is 0. The molecule has 0 fully saturated rings. The van der Waals surface area contributed by atoms with E-state index in [-0.39, 0.29) is 3.57 Å². The molecule has 18 heavy (non-hydrogen) atoms. The van der Waals surface area contributed by atoms with Gasteiger partial charge in [0.25, 0.3) is 0 Å². The second-order valence-corrected chi connectivity index (χ2v) is 7.66. The number of rotatable bonds is 0. The number of halogens is 7. The van der Waals surface area contributed by atoms with E-state index in [0.717, 1.165) is 12.1 Å². The quantitative estimate of drug-likeness (QED) is 0.369. The van der Waals surface area contributed by atoms with Crippen LogP contribution < -0.4 is 0 Å². The van der Waals surface area contributed by atoms with Gasteiger partial charge in [0.1, 0.15) is 0 Å². The van der Waals surface area contributed by atoms with Crippen molar-refractivity contribution in [2.75, 3.05) is 4.93 Å². The van der Waals surface area contributed by atoms with E-state index in [1.54, 1.807) is 0 Å². The first-order valence-electron chi connectivity index (χ1n) is 4.64. The van der Waals surface area contributed by atoms with E-state index in [1.807, 2.05) is 0 Å². The van der Waals surface area contributed by atoms with Gasteiger partial charge in [0.05, 0.1) is 0 Å². The van der Waals surface area contributed by atoms with Gasteiger partial charge in [0.2, 0.25) is 0 Å². The zero-order valence-electron chi connectivity index (χ0n) is 8.86. The number of alkyl halides is 7. The Morgan fingerprint density at radius 3 is 2.00 bits per heavy atom. The SMILES string of the molecule is CI1OC(C(F)(F)F)(C(F)(F)F)c2ccccc21. The second-order valence-electron chi connectivity index (χ2n) is 3.65. The van der Waals surface area contributed by atoms with Gasteiger partial charge in [0.15, 0.2) is 0 Å². The van der Waals surface area contributed by atoms with E-state index in [9.17, 15) is 26.3 Å². The van der Waals surface area contributed by atoms with Crippen LogP contribution in [-0.2, 0) is 8.67 Å². The third-order valence-corrected chi connectivity index (χ3v) is 6.47. The van der Waals surface area contributed by atoms with Crippen LogP contribution in [0.5, 0.6) is 0 Å². The van der Waals surface area contributed by atoms with Gasteiger partial charge in [-0.25, -0.2) is 0 Å². The molecule has 1 aromatic rings. The Bertz CT molecular complexity index is 452. The summed E-state index contributed by atoms with van der Waals surface area (Å²) in [5.41, 5.74) is -4.96. The fraction of sp³-hybridized carbons (Fsp3) is 0.400. The Balaban J connectivity index is 2.74. The standard InChI is InChI=1S/C10H7F6IO/c1-17-7-5-3-2-4-6(7)8(18-17,9(11,12)13)10(14,15)16/h2-5H,1H3. The van der Waals surface area contributed by atoms with Crippen molar-refractivity contribution >= 4 is 20.2 Å². The van der Waals surface area contributed by atoms with Crippen LogP contribution in [0.4, 0.5) is 26.3 Å². The van der Waals surface area contributed by atoms with Gasteiger partial charge >= 0.3 is 106 Å². The molecule has 2 rings (SSSR count). The first-order valence-corrected chi connectivity index (χ1v) is 8.75. The predicted molar refractivity (Wildman–Crippen MR) is 60.0 cm³/mol. The van der Waals surface area contributed by atoms with Gasteiger partial charge < -0.3 is 0 Å². The molecule has 1 aliphatic rings. The van der Waals surface area contributed by atoms with E-state index >= 15 is 0 Å². The monoisotopic (exact) mass is 384 g/mol. The van der Waals surface area contributed by atoms with Crippen LogP contribution in [0.1, 0.15) is 5.56 Å². The number of hydrogen-bond donors (Lipinski definition) is 0. The van der Waals surface area contributed by atoms with Crippen molar-refractivity contribution in [3.63, 3.8) is 0 Å². The number of fused-ring (bicyclic) bond motifs is 1. The van der Waals surface area contributed by atoms with Crippen molar-refractivity contribution in [3.8, 4) is 0 Å². The van der Waals surface area contributed by atoms with Crippen LogP contribution in [-0.4, -0.2) is 17.3 Å². The molecule has 1 aromatic carbocycles. The Labute approximate surface area is 106 Å². The van der Waals surface area contributed by atoms with Crippen LogP contribution in [0.25, 0.3) is 0 Å². The fourth-order valence-electron chi connectivity index (χ4n) is 1.79. The zero-order chi connectivity index (χ0) is 13.8. The summed E-state index contributed by atoms with van der Waals surface area (Å²) in [6.07, 6.45) is -11.0. The minimum atomic E-state index is -5.52. The fourth-order valence-corrected chi connectivity index (χ4v) is 5.85. The average Bonchev–Trinajstić information content (AvgIpc) is 2.52. The van der Waals surface area contributed by atoms with Gasteiger partial charge in [-0.05, 0) is 0 Å². The van der Waals surface area contributed by atoms with E-state index in [0.29, 0.717) is 0 Å². The molecule has 0 aliphatic carbocycles. The average molecular weight is 384 g/mol. The maximum atomic E-state index is 12.9. The van der Waals surface area contributed by atoms with Gasteiger partial charge in [-0.15, -0.1) is 0 Å². The van der Waals surface area contributed by atoms with Crippen LogP contribution in [0.2, 0.25) is 0 Å². The van der Waals surface area contributed by atoms with Crippen LogP contribution in [0.15, 0.2) is 24.3 Å². The molecule has 1 heterocycles.